The standard InChI is InChI=1S/C18H16FNS/c1-20-11-14-4-2-3-5-16(14)18(19,12-20)15-7-6-13-8-9-21-17(13)10-15/h2-10H,11-12H2,1H3. The molecule has 4 rings (SSSR count). The first kappa shape index (κ1) is 13.0. The summed E-state index contributed by atoms with van der Waals surface area (Å²) in [7, 11) is 1.98. The SMILES string of the molecule is CN1Cc2ccccc2C(F)(c2ccc3ccsc3c2)C1. The molecule has 1 aromatic heterocycles. The second-order valence-corrected chi connectivity index (χ2v) is 6.75. The van der Waals surface area contributed by atoms with E-state index in [4.69, 9.17) is 0 Å². The first-order valence-electron chi connectivity index (χ1n) is 7.10. The van der Waals surface area contributed by atoms with E-state index in [0.717, 1.165) is 27.9 Å². The van der Waals surface area contributed by atoms with E-state index in [-0.39, 0.29) is 0 Å². The quantitative estimate of drug-likeness (QED) is 0.636. The predicted octanol–water partition coefficient (Wildman–Crippen LogP) is 4.56. The van der Waals surface area contributed by atoms with Gasteiger partial charge in [0.05, 0.1) is 0 Å². The van der Waals surface area contributed by atoms with Crippen molar-refractivity contribution in [3.8, 4) is 0 Å². The third-order valence-electron chi connectivity index (χ3n) is 4.29. The Bertz CT molecular complexity index is 810. The molecule has 0 fully saturated rings. The average Bonchev–Trinajstić information content (AvgIpc) is 2.94. The molecular formula is C18H16FNS. The number of thiophene rings is 1. The molecule has 0 amide bonds. The fourth-order valence-corrected chi connectivity index (χ4v) is 4.13. The van der Waals surface area contributed by atoms with Crippen LogP contribution in [0.3, 0.4) is 0 Å². The second-order valence-electron chi connectivity index (χ2n) is 5.80. The zero-order valence-corrected chi connectivity index (χ0v) is 12.7. The molecule has 1 aliphatic heterocycles. The largest absolute Gasteiger partial charge is 0.298 e. The molecule has 2 heterocycles. The molecule has 0 saturated carbocycles. The molecule has 1 atom stereocenters. The van der Waals surface area contributed by atoms with Gasteiger partial charge in [-0.25, -0.2) is 4.39 Å². The minimum atomic E-state index is -1.43. The molecule has 0 spiro atoms. The normalized spacial score (nSPS) is 22.4. The zero-order valence-electron chi connectivity index (χ0n) is 11.8. The van der Waals surface area contributed by atoms with E-state index >= 15 is 4.39 Å². The van der Waals surface area contributed by atoms with E-state index in [9.17, 15) is 0 Å². The number of alkyl halides is 1. The van der Waals surface area contributed by atoms with Crippen LogP contribution in [0.1, 0.15) is 16.7 Å². The highest BCUT2D eigenvalue weighted by atomic mass is 32.1. The van der Waals surface area contributed by atoms with Gasteiger partial charge in [-0.2, -0.15) is 0 Å². The van der Waals surface area contributed by atoms with Crippen molar-refractivity contribution in [2.75, 3.05) is 13.6 Å². The van der Waals surface area contributed by atoms with Crippen LogP contribution in [0.25, 0.3) is 10.1 Å². The summed E-state index contributed by atoms with van der Waals surface area (Å²) < 4.78 is 17.1. The number of likely N-dealkylation sites (N-methyl/N-ethyl adjacent to an activating group) is 1. The van der Waals surface area contributed by atoms with Crippen molar-refractivity contribution in [2.45, 2.75) is 12.2 Å². The maximum absolute atomic E-state index is 15.9. The van der Waals surface area contributed by atoms with Gasteiger partial charge in [0.1, 0.15) is 0 Å². The molecule has 0 N–H and O–H groups in total. The number of rotatable bonds is 1. The van der Waals surface area contributed by atoms with Gasteiger partial charge >= 0.3 is 0 Å². The summed E-state index contributed by atoms with van der Waals surface area (Å²) in [5.74, 6) is 0. The monoisotopic (exact) mass is 297 g/mol. The van der Waals surface area contributed by atoms with Crippen molar-refractivity contribution in [3.05, 3.63) is 70.6 Å². The minimum Gasteiger partial charge on any atom is -0.298 e. The van der Waals surface area contributed by atoms with E-state index in [2.05, 4.69) is 16.3 Å². The first-order valence-corrected chi connectivity index (χ1v) is 7.98. The zero-order chi connectivity index (χ0) is 14.4. The van der Waals surface area contributed by atoms with Crippen LogP contribution in [0.4, 0.5) is 4.39 Å². The van der Waals surface area contributed by atoms with Crippen molar-refractivity contribution in [1.29, 1.82) is 0 Å². The van der Waals surface area contributed by atoms with Crippen LogP contribution >= 0.6 is 11.3 Å². The molecule has 0 bridgehead atoms. The Morgan fingerprint density at radius 3 is 2.90 bits per heavy atom. The number of fused-ring (bicyclic) bond motifs is 2. The fourth-order valence-electron chi connectivity index (χ4n) is 3.30. The van der Waals surface area contributed by atoms with Crippen LogP contribution in [-0.2, 0) is 12.2 Å². The van der Waals surface area contributed by atoms with Crippen LogP contribution in [0.5, 0.6) is 0 Å². The maximum Gasteiger partial charge on any atom is 0.173 e. The molecule has 0 saturated heterocycles. The van der Waals surface area contributed by atoms with Gasteiger partial charge in [-0.15, -0.1) is 11.3 Å². The minimum absolute atomic E-state index is 0.404. The van der Waals surface area contributed by atoms with Crippen molar-refractivity contribution >= 4 is 21.4 Å². The Balaban J connectivity index is 1.92. The van der Waals surface area contributed by atoms with Gasteiger partial charge in [-0.3, -0.25) is 4.90 Å². The second kappa shape index (κ2) is 4.65. The summed E-state index contributed by atoms with van der Waals surface area (Å²) in [5, 5.41) is 3.24. The van der Waals surface area contributed by atoms with Crippen LogP contribution in [0.2, 0.25) is 0 Å². The van der Waals surface area contributed by atoms with Gasteiger partial charge in [-0.1, -0.05) is 36.4 Å². The highest BCUT2D eigenvalue weighted by molar-refractivity contribution is 7.17. The molecule has 3 heteroatoms. The highest BCUT2D eigenvalue weighted by Crippen LogP contribution is 2.41. The summed E-state index contributed by atoms with van der Waals surface area (Å²) in [4.78, 5) is 2.06. The number of hydrogen-bond donors (Lipinski definition) is 0. The Morgan fingerprint density at radius 2 is 2.00 bits per heavy atom. The average molecular weight is 297 g/mol. The van der Waals surface area contributed by atoms with E-state index in [0.29, 0.717) is 6.54 Å². The van der Waals surface area contributed by atoms with Gasteiger partial charge in [-0.05, 0) is 46.6 Å². The van der Waals surface area contributed by atoms with Crippen LogP contribution in [0.15, 0.2) is 53.9 Å². The molecule has 1 aliphatic rings. The summed E-state index contributed by atoms with van der Waals surface area (Å²) in [6.45, 7) is 1.21. The fraction of sp³-hybridized carbons (Fsp3) is 0.222. The molecule has 106 valence electrons. The predicted molar refractivity (Wildman–Crippen MR) is 86.5 cm³/mol. The molecular weight excluding hydrogens is 281 g/mol. The lowest BCUT2D eigenvalue weighted by atomic mass is 9.82. The Hall–Kier alpha value is -1.71. The van der Waals surface area contributed by atoms with Gasteiger partial charge in [0.2, 0.25) is 0 Å². The maximum atomic E-state index is 15.9. The molecule has 0 radical (unpaired) electrons. The van der Waals surface area contributed by atoms with Gasteiger partial charge in [0.25, 0.3) is 0 Å². The lowest BCUT2D eigenvalue weighted by Crippen LogP contribution is -2.41. The Labute approximate surface area is 127 Å². The molecule has 2 aromatic carbocycles. The van der Waals surface area contributed by atoms with Crippen molar-refractivity contribution < 1.29 is 4.39 Å². The molecule has 1 unspecified atom stereocenters. The number of nitrogens with zero attached hydrogens (tertiary/aromatic N) is 1. The van der Waals surface area contributed by atoms with E-state index in [1.54, 1.807) is 11.3 Å². The van der Waals surface area contributed by atoms with E-state index in [1.165, 1.54) is 5.39 Å². The summed E-state index contributed by atoms with van der Waals surface area (Å²) in [6.07, 6.45) is 0. The van der Waals surface area contributed by atoms with Crippen LogP contribution in [0, 0.1) is 0 Å². The lowest BCUT2D eigenvalue weighted by Gasteiger charge is -2.37. The van der Waals surface area contributed by atoms with Crippen molar-refractivity contribution in [3.63, 3.8) is 0 Å². The first-order chi connectivity index (χ1) is 10.2. The number of benzene rings is 2. The molecule has 1 nitrogen and oxygen atoms in total. The van der Waals surface area contributed by atoms with Gasteiger partial charge < -0.3 is 0 Å². The smallest absolute Gasteiger partial charge is 0.173 e. The Morgan fingerprint density at radius 1 is 1.14 bits per heavy atom. The summed E-state index contributed by atoms with van der Waals surface area (Å²) in [6, 6.07) is 15.9. The molecule has 21 heavy (non-hydrogen) atoms. The van der Waals surface area contributed by atoms with Gasteiger partial charge in [0.15, 0.2) is 5.67 Å². The van der Waals surface area contributed by atoms with Crippen LogP contribution < -0.4 is 0 Å². The van der Waals surface area contributed by atoms with Gasteiger partial charge in [0, 0.05) is 17.8 Å². The topological polar surface area (TPSA) is 3.24 Å². The Kier molecular flexibility index (Phi) is 2.88. The van der Waals surface area contributed by atoms with E-state index < -0.39 is 5.67 Å². The molecule has 3 aromatic rings. The lowest BCUT2D eigenvalue weighted by molar-refractivity contribution is 0.121. The number of halogens is 1. The highest BCUT2D eigenvalue weighted by Gasteiger charge is 2.40. The van der Waals surface area contributed by atoms with Crippen molar-refractivity contribution in [2.24, 2.45) is 0 Å². The number of hydrogen-bond acceptors (Lipinski definition) is 2. The molecule has 0 aliphatic carbocycles. The summed E-state index contributed by atoms with van der Waals surface area (Å²) >= 11 is 1.67. The van der Waals surface area contributed by atoms with E-state index in [1.807, 2.05) is 49.5 Å². The third kappa shape index (κ3) is 2.00. The van der Waals surface area contributed by atoms with Crippen LogP contribution in [-0.4, -0.2) is 18.5 Å². The third-order valence-corrected chi connectivity index (χ3v) is 5.17. The van der Waals surface area contributed by atoms with Crippen molar-refractivity contribution in [1.82, 2.24) is 4.90 Å². The summed E-state index contributed by atoms with van der Waals surface area (Å²) in [5.41, 5.74) is 1.23.